The van der Waals surface area contributed by atoms with E-state index < -0.39 is 0 Å². The maximum Gasteiger partial charge on any atom is 0.334 e. The van der Waals surface area contributed by atoms with E-state index in [4.69, 9.17) is 4.74 Å². The van der Waals surface area contributed by atoms with Gasteiger partial charge in [0.05, 0.1) is 12.9 Å². The summed E-state index contributed by atoms with van der Waals surface area (Å²) in [5.41, 5.74) is 1.91. The lowest BCUT2D eigenvalue weighted by Gasteiger charge is -2.07. The number of hydrogen-bond donors (Lipinski definition) is 0. The SMILES string of the molecule is C/C=C1\C(=O)OCC1Cc1cncn1C. The molecule has 4 nitrogen and oxygen atoms in total. The van der Waals surface area contributed by atoms with Crippen molar-refractivity contribution in [1.82, 2.24) is 9.55 Å². The molecule has 15 heavy (non-hydrogen) atoms. The summed E-state index contributed by atoms with van der Waals surface area (Å²) >= 11 is 0. The molecule has 1 aliphatic heterocycles. The predicted octanol–water partition coefficient (Wildman–Crippen LogP) is 1.08. The zero-order chi connectivity index (χ0) is 10.8. The van der Waals surface area contributed by atoms with Gasteiger partial charge in [0.2, 0.25) is 0 Å². The molecular weight excluding hydrogens is 192 g/mol. The number of hydrogen-bond acceptors (Lipinski definition) is 3. The average molecular weight is 206 g/mol. The third-order valence-electron chi connectivity index (χ3n) is 2.77. The van der Waals surface area contributed by atoms with Crippen LogP contribution in [0.3, 0.4) is 0 Å². The lowest BCUT2D eigenvalue weighted by molar-refractivity contribution is -0.135. The van der Waals surface area contributed by atoms with Crippen molar-refractivity contribution in [1.29, 1.82) is 0 Å². The minimum Gasteiger partial charge on any atom is -0.462 e. The van der Waals surface area contributed by atoms with Gasteiger partial charge in [-0.15, -0.1) is 0 Å². The van der Waals surface area contributed by atoms with Crippen molar-refractivity contribution in [3.05, 3.63) is 29.9 Å². The first-order chi connectivity index (χ1) is 7.22. The van der Waals surface area contributed by atoms with Crippen LogP contribution >= 0.6 is 0 Å². The molecule has 4 heteroatoms. The molecule has 0 saturated carbocycles. The fourth-order valence-corrected chi connectivity index (χ4v) is 1.87. The molecule has 80 valence electrons. The molecule has 0 amide bonds. The van der Waals surface area contributed by atoms with E-state index in [0.29, 0.717) is 6.61 Å². The molecule has 1 saturated heterocycles. The van der Waals surface area contributed by atoms with Gasteiger partial charge in [-0.2, -0.15) is 0 Å². The van der Waals surface area contributed by atoms with Crippen molar-refractivity contribution >= 4 is 5.97 Å². The van der Waals surface area contributed by atoms with Crippen LogP contribution in [0.4, 0.5) is 0 Å². The number of cyclic esters (lactones) is 1. The molecule has 2 heterocycles. The van der Waals surface area contributed by atoms with Crippen LogP contribution in [-0.4, -0.2) is 22.1 Å². The highest BCUT2D eigenvalue weighted by atomic mass is 16.5. The van der Waals surface area contributed by atoms with Crippen LogP contribution in [-0.2, 0) is 23.0 Å². The number of nitrogens with zero attached hydrogens (tertiary/aromatic N) is 2. The van der Waals surface area contributed by atoms with Gasteiger partial charge in [0.1, 0.15) is 0 Å². The highest BCUT2D eigenvalue weighted by molar-refractivity contribution is 5.90. The van der Waals surface area contributed by atoms with E-state index in [2.05, 4.69) is 4.98 Å². The molecule has 1 aliphatic rings. The molecular formula is C11H14N2O2. The van der Waals surface area contributed by atoms with Crippen LogP contribution in [0.25, 0.3) is 0 Å². The molecule has 0 N–H and O–H groups in total. The Labute approximate surface area is 88.6 Å². The summed E-state index contributed by atoms with van der Waals surface area (Å²) in [6.07, 6.45) is 6.25. The Balaban J connectivity index is 2.14. The largest absolute Gasteiger partial charge is 0.462 e. The molecule has 1 fully saturated rings. The second-order valence-electron chi connectivity index (χ2n) is 3.74. The van der Waals surface area contributed by atoms with Crippen LogP contribution in [0.15, 0.2) is 24.2 Å². The first-order valence-corrected chi connectivity index (χ1v) is 5.01. The molecule has 0 spiro atoms. The minimum atomic E-state index is -0.176. The summed E-state index contributed by atoms with van der Waals surface area (Å²) in [7, 11) is 1.95. The number of aromatic nitrogens is 2. The van der Waals surface area contributed by atoms with Crippen LogP contribution < -0.4 is 0 Å². The summed E-state index contributed by atoms with van der Waals surface area (Å²) in [6.45, 7) is 2.36. The van der Waals surface area contributed by atoms with E-state index in [9.17, 15) is 4.79 Å². The van der Waals surface area contributed by atoms with E-state index in [1.54, 1.807) is 6.33 Å². The fraction of sp³-hybridized carbons (Fsp3) is 0.455. The lowest BCUT2D eigenvalue weighted by Crippen LogP contribution is -2.09. The highest BCUT2D eigenvalue weighted by Crippen LogP contribution is 2.24. The van der Waals surface area contributed by atoms with E-state index in [0.717, 1.165) is 17.7 Å². The number of imidazole rings is 1. The zero-order valence-corrected chi connectivity index (χ0v) is 8.93. The van der Waals surface area contributed by atoms with Gasteiger partial charge in [0.25, 0.3) is 0 Å². The molecule has 1 unspecified atom stereocenters. The third-order valence-corrected chi connectivity index (χ3v) is 2.77. The number of aryl methyl sites for hydroxylation is 1. The number of carbonyl (C=O) groups excluding carboxylic acids is 1. The summed E-state index contributed by atoms with van der Waals surface area (Å²) < 4.78 is 6.99. The Bertz CT molecular complexity index is 406. The van der Waals surface area contributed by atoms with Crippen LogP contribution in [0, 0.1) is 5.92 Å². The first kappa shape index (κ1) is 9.96. The number of ether oxygens (including phenoxy) is 1. The first-order valence-electron chi connectivity index (χ1n) is 5.01. The molecule has 2 rings (SSSR count). The zero-order valence-electron chi connectivity index (χ0n) is 8.93. The van der Waals surface area contributed by atoms with Gasteiger partial charge in [-0.05, 0) is 13.3 Å². The van der Waals surface area contributed by atoms with Crippen molar-refractivity contribution in [3.8, 4) is 0 Å². The molecule has 0 aliphatic carbocycles. The number of rotatable bonds is 2. The van der Waals surface area contributed by atoms with Crippen LogP contribution in [0.5, 0.6) is 0 Å². The summed E-state index contributed by atoms with van der Waals surface area (Å²) in [5, 5.41) is 0. The molecule has 1 atom stereocenters. The quantitative estimate of drug-likeness (QED) is 0.537. The summed E-state index contributed by atoms with van der Waals surface area (Å²) in [6, 6.07) is 0. The van der Waals surface area contributed by atoms with Gasteiger partial charge in [0.15, 0.2) is 0 Å². The van der Waals surface area contributed by atoms with Crippen molar-refractivity contribution in [2.24, 2.45) is 13.0 Å². The van der Waals surface area contributed by atoms with Crippen molar-refractivity contribution in [3.63, 3.8) is 0 Å². The van der Waals surface area contributed by atoms with E-state index in [1.165, 1.54) is 0 Å². The van der Waals surface area contributed by atoms with Crippen molar-refractivity contribution < 1.29 is 9.53 Å². The van der Waals surface area contributed by atoms with Gasteiger partial charge >= 0.3 is 5.97 Å². The van der Waals surface area contributed by atoms with E-state index >= 15 is 0 Å². The maximum atomic E-state index is 11.3. The Morgan fingerprint density at radius 1 is 1.73 bits per heavy atom. The normalized spacial score (nSPS) is 23.5. The minimum absolute atomic E-state index is 0.176. The second-order valence-corrected chi connectivity index (χ2v) is 3.74. The molecule has 0 aromatic carbocycles. The van der Waals surface area contributed by atoms with Gasteiger partial charge in [-0.3, -0.25) is 0 Å². The van der Waals surface area contributed by atoms with Crippen LogP contribution in [0.1, 0.15) is 12.6 Å². The Hall–Kier alpha value is -1.58. The standard InChI is InChI=1S/C11H14N2O2/c1-3-10-8(6-15-11(10)14)4-9-5-12-7-13(9)2/h3,5,7-8H,4,6H2,1-2H3/b10-3-. The molecule has 0 radical (unpaired) electrons. The Morgan fingerprint density at radius 2 is 2.53 bits per heavy atom. The molecule has 0 bridgehead atoms. The topological polar surface area (TPSA) is 44.1 Å². The maximum absolute atomic E-state index is 11.3. The van der Waals surface area contributed by atoms with Gasteiger partial charge in [-0.25, -0.2) is 9.78 Å². The van der Waals surface area contributed by atoms with Gasteiger partial charge in [0, 0.05) is 30.4 Å². The predicted molar refractivity (Wildman–Crippen MR) is 55.1 cm³/mol. The number of allylic oxidation sites excluding steroid dienone is 1. The number of carbonyl (C=O) groups is 1. The van der Waals surface area contributed by atoms with E-state index in [1.807, 2.05) is 30.8 Å². The van der Waals surface area contributed by atoms with Crippen molar-refractivity contribution in [2.45, 2.75) is 13.3 Å². The monoisotopic (exact) mass is 206 g/mol. The summed E-state index contributed by atoms with van der Waals surface area (Å²) in [5.74, 6) is 0.00238. The van der Waals surface area contributed by atoms with Crippen molar-refractivity contribution in [2.75, 3.05) is 6.61 Å². The van der Waals surface area contributed by atoms with Crippen LogP contribution in [0.2, 0.25) is 0 Å². The molecule has 1 aromatic heterocycles. The lowest BCUT2D eigenvalue weighted by atomic mass is 9.97. The number of esters is 1. The second kappa shape index (κ2) is 3.88. The summed E-state index contributed by atoms with van der Waals surface area (Å²) in [4.78, 5) is 15.4. The average Bonchev–Trinajstić information content (AvgIpc) is 2.76. The van der Waals surface area contributed by atoms with Gasteiger partial charge in [-0.1, -0.05) is 6.08 Å². The molecule has 1 aromatic rings. The van der Waals surface area contributed by atoms with E-state index in [-0.39, 0.29) is 11.9 Å². The Morgan fingerprint density at radius 3 is 3.13 bits per heavy atom. The van der Waals surface area contributed by atoms with Gasteiger partial charge < -0.3 is 9.30 Å². The smallest absolute Gasteiger partial charge is 0.334 e. The third kappa shape index (κ3) is 1.79. The fourth-order valence-electron chi connectivity index (χ4n) is 1.87. The highest BCUT2D eigenvalue weighted by Gasteiger charge is 2.30. The Kier molecular flexibility index (Phi) is 2.58.